The zero-order chi connectivity index (χ0) is 22.6. The molecule has 4 nitrogen and oxygen atoms in total. The molecule has 0 radical (unpaired) electrons. The molecule has 0 bridgehead atoms. The number of nitrogens with zero attached hydrogens (tertiary/aromatic N) is 2. The molecule has 1 amide bonds. The molecule has 0 saturated heterocycles. The van der Waals surface area contributed by atoms with Crippen LogP contribution in [0.1, 0.15) is 64.9 Å². The van der Waals surface area contributed by atoms with Gasteiger partial charge in [0.05, 0.1) is 11.1 Å². The monoisotopic (exact) mass is 423 g/mol. The fraction of sp³-hybridized carbons (Fsp3) is 0.500. The van der Waals surface area contributed by atoms with Gasteiger partial charge in [0.1, 0.15) is 5.82 Å². The second-order valence-electron chi connectivity index (χ2n) is 9.58. The Morgan fingerprint density at radius 2 is 1.87 bits per heavy atom. The normalized spacial score (nSPS) is 26.3. The Morgan fingerprint density at radius 3 is 2.52 bits per heavy atom. The predicted molar refractivity (Wildman–Crippen MR) is 124 cm³/mol. The van der Waals surface area contributed by atoms with Gasteiger partial charge in [-0.3, -0.25) is 4.79 Å². The second kappa shape index (κ2) is 9.29. The SMILES string of the molecule is C=C/N=N\C(=C/C(=C)[C@@H]1CCC(C)(C(=O)NC2CCCC2)C1(C)C)c1ccccc1F. The van der Waals surface area contributed by atoms with E-state index < -0.39 is 5.41 Å². The highest BCUT2D eigenvalue weighted by atomic mass is 19.1. The van der Waals surface area contributed by atoms with Crippen LogP contribution in [0.5, 0.6) is 0 Å². The summed E-state index contributed by atoms with van der Waals surface area (Å²) in [6.45, 7) is 14.2. The van der Waals surface area contributed by atoms with E-state index in [0.29, 0.717) is 17.3 Å². The minimum absolute atomic E-state index is 0.0764. The summed E-state index contributed by atoms with van der Waals surface area (Å²) in [6, 6.07) is 6.79. The molecular formula is C26H34FN3O. The van der Waals surface area contributed by atoms with Crippen LogP contribution < -0.4 is 5.32 Å². The van der Waals surface area contributed by atoms with Crippen molar-refractivity contribution >= 4 is 11.6 Å². The number of carbonyl (C=O) groups is 1. The van der Waals surface area contributed by atoms with Gasteiger partial charge in [-0.1, -0.05) is 58.9 Å². The Kier molecular flexibility index (Phi) is 6.93. The summed E-state index contributed by atoms with van der Waals surface area (Å²) in [5, 5.41) is 11.3. The average Bonchev–Trinajstić information content (AvgIpc) is 3.32. The smallest absolute Gasteiger partial charge is 0.226 e. The van der Waals surface area contributed by atoms with Crippen molar-refractivity contribution in [2.75, 3.05) is 0 Å². The van der Waals surface area contributed by atoms with Crippen molar-refractivity contribution < 1.29 is 9.18 Å². The van der Waals surface area contributed by atoms with Gasteiger partial charge in [0.15, 0.2) is 0 Å². The molecule has 3 rings (SSSR count). The van der Waals surface area contributed by atoms with E-state index in [2.05, 4.69) is 49.5 Å². The van der Waals surface area contributed by atoms with E-state index in [9.17, 15) is 9.18 Å². The molecule has 5 heteroatoms. The van der Waals surface area contributed by atoms with Crippen LogP contribution in [0.15, 0.2) is 65.5 Å². The van der Waals surface area contributed by atoms with Crippen LogP contribution >= 0.6 is 0 Å². The first-order chi connectivity index (χ1) is 14.7. The maximum absolute atomic E-state index is 14.4. The number of halogens is 1. The largest absolute Gasteiger partial charge is 0.353 e. The number of carbonyl (C=O) groups excluding carboxylic acids is 1. The predicted octanol–water partition coefficient (Wildman–Crippen LogP) is 6.82. The maximum Gasteiger partial charge on any atom is 0.226 e. The first-order valence-corrected chi connectivity index (χ1v) is 11.2. The fourth-order valence-electron chi connectivity index (χ4n) is 5.18. The minimum atomic E-state index is -0.488. The molecule has 0 heterocycles. The molecule has 166 valence electrons. The molecule has 1 aromatic carbocycles. The average molecular weight is 424 g/mol. The van der Waals surface area contributed by atoms with Gasteiger partial charge < -0.3 is 5.32 Å². The van der Waals surface area contributed by atoms with Crippen LogP contribution in [0.2, 0.25) is 0 Å². The summed E-state index contributed by atoms with van der Waals surface area (Å²) in [5.41, 5.74) is 0.815. The van der Waals surface area contributed by atoms with Gasteiger partial charge >= 0.3 is 0 Å². The van der Waals surface area contributed by atoms with E-state index in [1.54, 1.807) is 24.3 Å². The zero-order valence-corrected chi connectivity index (χ0v) is 19.0. The van der Waals surface area contributed by atoms with E-state index >= 15 is 0 Å². The topological polar surface area (TPSA) is 53.8 Å². The van der Waals surface area contributed by atoms with Crippen molar-refractivity contribution in [3.8, 4) is 0 Å². The van der Waals surface area contributed by atoms with Crippen LogP contribution in [-0.2, 0) is 4.79 Å². The highest BCUT2D eigenvalue weighted by molar-refractivity contribution is 5.84. The Labute approximate surface area is 185 Å². The Bertz CT molecular complexity index is 911. The third-order valence-corrected chi connectivity index (χ3v) is 7.58. The van der Waals surface area contributed by atoms with Crippen LogP contribution in [0, 0.1) is 22.6 Å². The number of hydrogen-bond donors (Lipinski definition) is 1. The minimum Gasteiger partial charge on any atom is -0.353 e. The van der Waals surface area contributed by atoms with Crippen molar-refractivity contribution in [2.45, 2.75) is 65.3 Å². The fourth-order valence-corrected chi connectivity index (χ4v) is 5.18. The number of benzene rings is 1. The van der Waals surface area contributed by atoms with E-state index in [1.165, 1.54) is 25.1 Å². The molecule has 2 atom stereocenters. The lowest BCUT2D eigenvalue weighted by molar-refractivity contribution is -0.136. The van der Waals surface area contributed by atoms with Crippen molar-refractivity contribution in [3.63, 3.8) is 0 Å². The van der Waals surface area contributed by atoms with Crippen molar-refractivity contribution in [2.24, 2.45) is 27.0 Å². The molecule has 1 aromatic rings. The number of azo groups is 1. The van der Waals surface area contributed by atoms with E-state index in [4.69, 9.17) is 0 Å². The number of hydrogen-bond acceptors (Lipinski definition) is 3. The molecule has 2 aliphatic carbocycles. The zero-order valence-electron chi connectivity index (χ0n) is 19.0. The third-order valence-electron chi connectivity index (χ3n) is 7.58. The van der Waals surface area contributed by atoms with Gasteiger partial charge in [-0.2, -0.15) is 10.2 Å². The number of amides is 1. The van der Waals surface area contributed by atoms with Crippen molar-refractivity contribution in [1.29, 1.82) is 0 Å². The highest BCUT2D eigenvalue weighted by Gasteiger charge is 2.56. The van der Waals surface area contributed by atoms with Gasteiger partial charge in [0.25, 0.3) is 0 Å². The van der Waals surface area contributed by atoms with Gasteiger partial charge in [-0.05, 0) is 60.8 Å². The number of rotatable bonds is 7. The molecule has 2 saturated carbocycles. The molecule has 1 unspecified atom stereocenters. The van der Waals surface area contributed by atoms with Crippen LogP contribution in [-0.4, -0.2) is 11.9 Å². The molecule has 1 N–H and O–H groups in total. The Balaban J connectivity index is 1.86. The summed E-state index contributed by atoms with van der Waals surface area (Å²) in [5.74, 6) is -0.145. The molecule has 31 heavy (non-hydrogen) atoms. The summed E-state index contributed by atoms with van der Waals surface area (Å²) >= 11 is 0. The lowest BCUT2D eigenvalue weighted by Crippen LogP contribution is -2.49. The van der Waals surface area contributed by atoms with Crippen molar-refractivity contribution in [3.05, 3.63) is 66.7 Å². The lowest BCUT2D eigenvalue weighted by Gasteiger charge is -2.41. The van der Waals surface area contributed by atoms with Gasteiger partial charge in [-0.25, -0.2) is 4.39 Å². The quantitative estimate of drug-likeness (QED) is 0.380. The Hall–Kier alpha value is -2.56. The number of allylic oxidation sites excluding steroid dienone is 2. The van der Waals surface area contributed by atoms with Crippen LogP contribution in [0.4, 0.5) is 4.39 Å². The molecule has 2 aliphatic rings. The van der Waals surface area contributed by atoms with Gasteiger partial charge in [0, 0.05) is 17.8 Å². The standard InChI is InChI=1S/C26H34FN3O/c1-6-28-30-23(20-13-9-10-14-22(20)27)17-18(2)21-15-16-26(5,25(21,3)4)24(31)29-19-11-7-8-12-19/h6,9-10,13-14,17,19,21H,1-2,7-8,11-12,15-16H2,3-5H3,(H,29,31)/b23-17-,30-28-/t21-,26?/m0/s1. The molecule has 0 aliphatic heterocycles. The van der Waals surface area contributed by atoms with Crippen LogP contribution in [0.3, 0.4) is 0 Å². The van der Waals surface area contributed by atoms with E-state index in [-0.39, 0.29) is 23.1 Å². The summed E-state index contributed by atoms with van der Waals surface area (Å²) in [7, 11) is 0. The summed E-state index contributed by atoms with van der Waals surface area (Å²) < 4.78 is 14.4. The molecule has 2 fully saturated rings. The van der Waals surface area contributed by atoms with Gasteiger partial charge in [-0.15, -0.1) is 0 Å². The van der Waals surface area contributed by atoms with Gasteiger partial charge in [0.2, 0.25) is 5.91 Å². The first-order valence-electron chi connectivity index (χ1n) is 11.2. The first kappa shape index (κ1) is 23.1. The lowest BCUT2D eigenvalue weighted by atomic mass is 9.63. The summed E-state index contributed by atoms with van der Waals surface area (Å²) in [6.07, 6.45) is 9.28. The maximum atomic E-state index is 14.4. The molecular weight excluding hydrogens is 389 g/mol. The highest BCUT2D eigenvalue weighted by Crippen LogP contribution is 2.58. The van der Waals surface area contributed by atoms with E-state index in [1.807, 2.05) is 0 Å². The molecule has 0 spiro atoms. The second-order valence-corrected chi connectivity index (χ2v) is 9.58. The summed E-state index contributed by atoms with van der Waals surface area (Å²) in [4.78, 5) is 13.3. The third kappa shape index (κ3) is 4.56. The Morgan fingerprint density at radius 1 is 1.19 bits per heavy atom. The number of nitrogens with one attached hydrogen (secondary N) is 1. The van der Waals surface area contributed by atoms with E-state index in [0.717, 1.165) is 31.3 Å². The van der Waals surface area contributed by atoms with Crippen LogP contribution in [0.25, 0.3) is 5.70 Å². The van der Waals surface area contributed by atoms with Crippen molar-refractivity contribution in [1.82, 2.24) is 5.32 Å². The molecule has 0 aromatic heterocycles.